The molecule has 0 amide bonds. The second kappa shape index (κ2) is 8.13. The van der Waals surface area contributed by atoms with Crippen molar-refractivity contribution in [2.75, 3.05) is 45.8 Å². The van der Waals surface area contributed by atoms with E-state index in [-0.39, 0.29) is 5.75 Å². The molecule has 0 radical (unpaired) electrons. The Labute approximate surface area is 84.8 Å². The Morgan fingerprint density at radius 3 is 2.50 bits per heavy atom. The van der Waals surface area contributed by atoms with Gasteiger partial charge in [0.05, 0.1) is 25.6 Å². The van der Waals surface area contributed by atoms with Gasteiger partial charge in [-0.1, -0.05) is 0 Å². The van der Waals surface area contributed by atoms with E-state index >= 15 is 0 Å². The highest BCUT2D eigenvalue weighted by molar-refractivity contribution is 7.89. The second-order valence-corrected chi connectivity index (χ2v) is 4.46. The largest absolute Gasteiger partial charge is 0.382 e. The van der Waals surface area contributed by atoms with Gasteiger partial charge >= 0.3 is 0 Å². The van der Waals surface area contributed by atoms with E-state index in [2.05, 4.69) is 5.32 Å². The molecule has 0 heterocycles. The van der Waals surface area contributed by atoms with Crippen LogP contribution < -0.4 is 10.5 Å². The Morgan fingerprint density at radius 2 is 1.93 bits per heavy atom. The molecule has 0 aromatic carbocycles. The first-order chi connectivity index (χ1) is 6.56. The van der Waals surface area contributed by atoms with Crippen LogP contribution in [-0.2, 0) is 19.5 Å². The third-order valence-corrected chi connectivity index (χ3v) is 2.19. The molecule has 0 unspecified atom stereocenters. The Bertz CT molecular complexity index is 218. The molecule has 0 aromatic heterocycles. The average molecular weight is 226 g/mol. The summed E-state index contributed by atoms with van der Waals surface area (Å²) in [5.74, 6) is -0.0505. The van der Waals surface area contributed by atoms with Crippen LogP contribution in [0.2, 0.25) is 0 Å². The second-order valence-electron chi connectivity index (χ2n) is 2.72. The number of nitrogens with one attached hydrogen (secondary N) is 1. The van der Waals surface area contributed by atoms with Gasteiger partial charge in [-0.2, -0.15) is 0 Å². The summed E-state index contributed by atoms with van der Waals surface area (Å²) in [6.07, 6.45) is 0. The van der Waals surface area contributed by atoms with Crippen LogP contribution in [-0.4, -0.2) is 54.2 Å². The fourth-order valence-corrected chi connectivity index (χ4v) is 1.16. The topological polar surface area (TPSA) is 90.7 Å². The number of methoxy groups -OCH3 is 1. The maximum absolute atomic E-state index is 10.5. The smallest absolute Gasteiger partial charge is 0.210 e. The van der Waals surface area contributed by atoms with Crippen molar-refractivity contribution in [3.8, 4) is 0 Å². The number of hydrogen-bond donors (Lipinski definition) is 2. The standard InChI is InChI=1S/C7H18N2O4S/c1-12-5-6-13-4-2-9-3-7-14(8,10)11/h9H,2-7H2,1H3,(H2,8,10,11). The quantitative estimate of drug-likeness (QED) is 0.468. The molecule has 0 spiro atoms. The third-order valence-electron chi connectivity index (χ3n) is 1.42. The minimum Gasteiger partial charge on any atom is -0.382 e. The lowest BCUT2D eigenvalue weighted by Crippen LogP contribution is -2.29. The molecule has 0 aliphatic carbocycles. The van der Waals surface area contributed by atoms with Crippen LogP contribution in [0.15, 0.2) is 0 Å². The lowest BCUT2D eigenvalue weighted by molar-refractivity contribution is 0.0722. The van der Waals surface area contributed by atoms with E-state index < -0.39 is 10.0 Å². The lowest BCUT2D eigenvalue weighted by atomic mass is 10.6. The first-order valence-electron chi connectivity index (χ1n) is 4.34. The number of sulfonamides is 1. The van der Waals surface area contributed by atoms with Crippen LogP contribution in [0.4, 0.5) is 0 Å². The van der Waals surface area contributed by atoms with Crippen molar-refractivity contribution in [3.05, 3.63) is 0 Å². The first kappa shape index (κ1) is 13.8. The van der Waals surface area contributed by atoms with E-state index in [0.29, 0.717) is 32.9 Å². The molecule has 0 saturated heterocycles. The molecule has 0 bridgehead atoms. The summed E-state index contributed by atoms with van der Waals surface area (Å²) in [6.45, 7) is 2.62. The van der Waals surface area contributed by atoms with E-state index in [4.69, 9.17) is 14.6 Å². The van der Waals surface area contributed by atoms with Crippen molar-refractivity contribution in [1.29, 1.82) is 0 Å². The molecule has 0 aliphatic heterocycles. The Balaban J connectivity index is 3.07. The maximum Gasteiger partial charge on any atom is 0.210 e. The number of nitrogens with two attached hydrogens (primary N) is 1. The zero-order valence-corrected chi connectivity index (χ0v) is 9.18. The molecular formula is C7H18N2O4S. The average Bonchev–Trinajstić information content (AvgIpc) is 2.08. The third kappa shape index (κ3) is 11.8. The van der Waals surface area contributed by atoms with Crippen molar-refractivity contribution in [3.63, 3.8) is 0 Å². The van der Waals surface area contributed by atoms with Gasteiger partial charge in [0, 0.05) is 20.2 Å². The molecule has 0 aromatic rings. The minimum absolute atomic E-state index is 0.0505. The molecule has 0 atom stereocenters. The number of ether oxygens (including phenoxy) is 2. The van der Waals surface area contributed by atoms with Gasteiger partial charge in [0.2, 0.25) is 10.0 Å². The zero-order valence-electron chi connectivity index (χ0n) is 8.36. The van der Waals surface area contributed by atoms with Crippen molar-refractivity contribution < 1.29 is 17.9 Å². The van der Waals surface area contributed by atoms with Crippen LogP contribution in [0, 0.1) is 0 Å². The molecule has 0 rings (SSSR count). The van der Waals surface area contributed by atoms with E-state index in [1.54, 1.807) is 7.11 Å². The van der Waals surface area contributed by atoms with Gasteiger partial charge < -0.3 is 14.8 Å². The molecular weight excluding hydrogens is 208 g/mol. The zero-order chi connectivity index (χ0) is 10.9. The van der Waals surface area contributed by atoms with Gasteiger partial charge in [-0.25, -0.2) is 13.6 Å². The van der Waals surface area contributed by atoms with Gasteiger partial charge in [-0.05, 0) is 0 Å². The van der Waals surface area contributed by atoms with Crippen LogP contribution in [0.3, 0.4) is 0 Å². The van der Waals surface area contributed by atoms with Gasteiger partial charge in [0.1, 0.15) is 0 Å². The fourth-order valence-electron chi connectivity index (χ4n) is 0.728. The number of primary sulfonamides is 1. The summed E-state index contributed by atoms with van der Waals surface area (Å²) in [6, 6.07) is 0. The summed E-state index contributed by atoms with van der Waals surface area (Å²) >= 11 is 0. The van der Waals surface area contributed by atoms with Crippen molar-refractivity contribution in [2.24, 2.45) is 5.14 Å². The monoisotopic (exact) mass is 226 g/mol. The van der Waals surface area contributed by atoms with Crippen molar-refractivity contribution >= 4 is 10.0 Å². The van der Waals surface area contributed by atoms with Crippen LogP contribution in [0.1, 0.15) is 0 Å². The number of rotatable bonds is 9. The van der Waals surface area contributed by atoms with Crippen LogP contribution in [0.25, 0.3) is 0 Å². The van der Waals surface area contributed by atoms with Gasteiger partial charge in [-0.15, -0.1) is 0 Å². The highest BCUT2D eigenvalue weighted by Crippen LogP contribution is 1.76. The Morgan fingerprint density at radius 1 is 1.21 bits per heavy atom. The summed E-state index contributed by atoms with van der Waals surface area (Å²) in [7, 11) is -1.74. The molecule has 86 valence electrons. The SMILES string of the molecule is COCCOCCNCCS(N)(=O)=O. The lowest BCUT2D eigenvalue weighted by Gasteiger charge is -2.04. The predicted octanol–water partition coefficient (Wildman–Crippen LogP) is -1.47. The van der Waals surface area contributed by atoms with E-state index in [1.807, 2.05) is 0 Å². The Kier molecular flexibility index (Phi) is 8.01. The van der Waals surface area contributed by atoms with E-state index in [1.165, 1.54) is 0 Å². The predicted molar refractivity (Wildman–Crippen MR) is 53.5 cm³/mol. The summed E-state index contributed by atoms with van der Waals surface area (Å²) < 4.78 is 30.9. The van der Waals surface area contributed by atoms with E-state index in [0.717, 1.165) is 0 Å². The van der Waals surface area contributed by atoms with Crippen LogP contribution >= 0.6 is 0 Å². The molecule has 3 N–H and O–H groups in total. The molecule has 0 fully saturated rings. The fraction of sp³-hybridized carbons (Fsp3) is 1.00. The summed E-state index contributed by atoms with van der Waals surface area (Å²) in [4.78, 5) is 0. The van der Waals surface area contributed by atoms with Crippen molar-refractivity contribution in [2.45, 2.75) is 0 Å². The normalized spacial score (nSPS) is 11.9. The molecule has 0 aliphatic rings. The highest BCUT2D eigenvalue weighted by atomic mass is 32.2. The number of hydrogen-bond acceptors (Lipinski definition) is 5. The minimum atomic E-state index is -3.35. The van der Waals surface area contributed by atoms with Crippen molar-refractivity contribution in [1.82, 2.24) is 5.32 Å². The van der Waals surface area contributed by atoms with Gasteiger partial charge in [0.15, 0.2) is 0 Å². The van der Waals surface area contributed by atoms with E-state index in [9.17, 15) is 8.42 Å². The summed E-state index contributed by atoms with van der Waals surface area (Å²) in [5.41, 5.74) is 0. The van der Waals surface area contributed by atoms with Gasteiger partial charge in [0.25, 0.3) is 0 Å². The molecule has 6 nitrogen and oxygen atoms in total. The summed E-state index contributed by atoms with van der Waals surface area (Å²) in [5, 5.41) is 7.69. The Hall–Kier alpha value is -0.210. The van der Waals surface area contributed by atoms with Crippen LogP contribution in [0.5, 0.6) is 0 Å². The first-order valence-corrected chi connectivity index (χ1v) is 6.05. The highest BCUT2D eigenvalue weighted by Gasteiger charge is 2.00. The molecule has 14 heavy (non-hydrogen) atoms. The van der Waals surface area contributed by atoms with Gasteiger partial charge in [-0.3, -0.25) is 0 Å². The maximum atomic E-state index is 10.5. The molecule has 0 saturated carbocycles. The molecule has 7 heteroatoms.